The Balaban J connectivity index is 2.32. The van der Waals surface area contributed by atoms with E-state index in [1.165, 1.54) is 4.57 Å². The van der Waals surface area contributed by atoms with Gasteiger partial charge in [0.05, 0.1) is 12.7 Å². The van der Waals surface area contributed by atoms with Crippen LogP contribution in [-0.4, -0.2) is 20.6 Å². The van der Waals surface area contributed by atoms with E-state index in [9.17, 15) is 9.59 Å². The third-order valence-electron chi connectivity index (χ3n) is 3.26. The first-order valence-electron chi connectivity index (χ1n) is 6.30. The smallest absolute Gasteiger partial charge is 0.347 e. The quantitative estimate of drug-likeness (QED) is 0.890. The summed E-state index contributed by atoms with van der Waals surface area (Å²) in [6.07, 6.45) is 2.00. The second-order valence-corrected chi connectivity index (χ2v) is 4.60. The standard InChI is InChI=1S/C14H16N2O4/c1-9-12(8-13(17)18)10(2)16(14(19)15-9)6-5-11-4-3-7-20-11/h3-4,7H,5-6,8H2,1-2H3,(H,17,18). The molecule has 0 spiro atoms. The first kappa shape index (κ1) is 14.0. The lowest BCUT2D eigenvalue weighted by Crippen LogP contribution is -2.29. The van der Waals surface area contributed by atoms with Crippen LogP contribution in [0.1, 0.15) is 22.7 Å². The van der Waals surface area contributed by atoms with Crippen LogP contribution in [0.5, 0.6) is 0 Å². The summed E-state index contributed by atoms with van der Waals surface area (Å²) < 4.78 is 6.72. The minimum Gasteiger partial charge on any atom is -0.481 e. The van der Waals surface area contributed by atoms with Crippen LogP contribution < -0.4 is 5.69 Å². The van der Waals surface area contributed by atoms with Crippen LogP contribution >= 0.6 is 0 Å². The highest BCUT2D eigenvalue weighted by Gasteiger charge is 2.14. The van der Waals surface area contributed by atoms with E-state index < -0.39 is 5.97 Å². The van der Waals surface area contributed by atoms with Crippen molar-refractivity contribution in [2.45, 2.75) is 33.2 Å². The summed E-state index contributed by atoms with van der Waals surface area (Å²) in [4.78, 5) is 26.7. The zero-order chi connectivity index (χ0) is 14.7. The number of hydrogen-bond donors (Lipinski definition) is 1. The predicted octanol–water partition coefficient (Wildman–Crippen LogP) is 1.32. The van der Waals surface area contributed by atoms with Crippen LogP contribution in [0, 0.1) is 13.8 Å². The molecule has 0 amide bonds. The van der Waals surface area contributed by atoms with Gasteiger partial charge in [-0.1, -0.05) is 0 Å². The van der Waals surface area contributed by atoms with Crippen LogP contribution in [0.4, 0.5) is 0 Å². The van der Waals surface area contributed by atoms with E-state index in [4.69, 9.17) is 9.52 Å². The molecule has 20 heavy (non-hydrogen) atoms. The molecule has 0 bridgehead atoms. The monoisotopic (exact) mass is 276 g/mol. The van der Waals surface area contributed by atoms with Crippen molar-refractivity contribution >= 4 is 5.97 Å². The number of nitrogens with zero attached hydrogens (tertiary/aromatic N) is 2. The van der Waals surface area contributed by atoms with Gasteiger partial charge in [0.2, 0.25) is 0 Å². The molecule has 106 valence electrons. The first-order valence-corrected chi connectivity index (χ1v) is 6.30. The van der Waals surface area contributed by atoms with E-state index in [1.807, 2.05) is 6.07 Å². The van der Waals surface area contributed by atoms with Crippen molar-refractivity contribution in [1.29, 1.82) is 0 Å². The summed E-state index contributed by atoms with van der Waals surface area (Å²) >= 11 is 0. The Morgan fingerprint density at radius 2 is 2.20 bits per heavy atom. The number of carboxylic acid groups (broad SMARTS) is 1. The molecule has 0 aromatic carbocycles. The normalized spacial score (nSPS) is 10.7. The summed E-state index contributed by atoms with van der Waals surface area (Å²) in [6.45, 7) is 3.82. The number of aryl methyl sites for hydroxylation is 2. The summed E-state index contributed by atoms with van der Waals surface area (Å²) in [6, 6.07) is 3.62. The summed E-state index contributed by atoms with van der Waals surface area (Å²) in [7, 11) is 0. The maximum absolute atomic E-state index is 11.9. The molecule has 0 aliphatic rings. The molecule has 0 saturated heterocycles. The van der Waals surface area contributed by atoms with Crippen molar-refractivity contribution < 1.29 is 14.3 Å². The van der Waals surface area contributed by atoms with Gasteiger partial charge in [-0.25, -0.2) is 4.79 Å². The highest BCUT2D eigenvalue weighted by Crippen LogP contribution is 2.11. The van der Waals surface area contributed by atoms with Crippen molar-refractivity contribution in [3.8, 4) is 0 Å². The molecule has 1 N–H and O–H groups in total. The van der Waals surface area contributed by atoms with E-state index in [0.29, 0.717) is 29.9 Å². The molecule has 0 radical (unpaired) electrons. The average Bonchev–Trinajstić information content (AvgIpc) is 2.87. The van der Waals surface area contributed by atoms with Gasteiger partial charge in [-0.3, -0.25) is 9.36 Å². The van der Waals surface area contributed by atoms with Crippen molar-refractivity contribution in [3.63, 3.8) is 0 Å². The Bertz CT molecular complexity index is 671. The Kier molecular flexibility index (Phi) is 4.02. The molecule has 6 heteroatoms. The summed E-state index contributed by atoms with van der Waals surface area (Å²) in [5, 5.41) is 8.93. The number of aliphatic carboxylic acids is 1. The van der Waals surface area contributed by atoms with Gasteiger partial charge in [-0.05, 0) is 26.0 Å². The van der Waals surface area contributed by atoms with Gasteiger partial charge in [-0.2, -0.15) is 4.98 Å². The van der Waals surface area contributed by atoms with Crippen molar-refractivity contribution in [2.75, 3.05) is 0 Å². The lowest BCUT2D eigenvalue weighted by molar-refractivity contribution is -0.136. The minimum atomic E-state index is -0.936. The topological polar surface area (TPSA) is 85.3 Å². The molecular weight excluding hydrogens is 260 g/mol. The lowest BCUT2D eigenvalue weighted by Gasteiger charge is -2.13. The molecule has 0 aliphatic heterocycles. The fourth-order valence-electron chi connectivity index (χ4n) is 2.19. The van der Waals surface area contributed by atoms with Crippen LogP contribution in [0.3, 0.4) is 0 Å². The maximum Gasteiger partial charge on any atom is 0.347 e. The number of carboxylic acids is 1. The Labute approximate surface area is 115 Å². The molecule has 2 heterocycles. The zero-order valence-corrected chi connectivity index (χ0v) is 11.4. The molecule has 0 saturated carbocycles. The average molecular weight is 276 g/mol. The molecule has 0 aliphatic carbocycles. The van der Waals surface area contributed by atoms with Crippen molar-refractivity contribution in [2.24, 2.45) is 0 Å². The number of aromatic nitrogens is 2. The van der Waals surface area contributed by atoms with Gasteiger partial charge < -0.3 is 9.52 Å². The van der Waals surface area contributed by atoms with Gasteiger partial charge in [0, 0.05) is 29.9 Å². The lowest BCUT2D eigenvalue weighted by atomic mass is 10.1. The number of furan rings is 1. The highest BCUT2D eigenvalue weighted by atomic mass is 16.4. The fourth-order valence-corrected chi connectivity index (χ4v) is 2.19. The second-order valence-electron chi connectivity index (χ2n) is 4.60. The Morgan fingerprint density at radius 3 is 2.80 bits per heavy atom. The van der Waals surface area contributed by atoms with Crippen LogP contribution in [0.25, 0.3) is 0 Å². The molecule has 6 nitrogen and oxygen atoms in total. The Hall–Kier alpha value is -2.37. The van der Waals surface area contributed by atoms with E-state index in [2.05, 4.69) is 4.98 Å². The third kappa shape index (κ3) is 2.96. The molecule has 2 aromatic heterocycles. The molecule has 2 aromatic rings. The highest BCUT2D eigenvalue weighted by molar-refractivity contribution is 5.70. The van der Waals surface area contributed by atoms with Crippen molar-refractivity contribution in [3.05, 3.63) is 51.6 Å². The zero-order valence-electron chi connectivity index (χ0n) is 11.4. The second kappa shape index (κ2) is 5.73. The number of hydrogen-bond acceptors (Lipinski definition) is 4. The number of carbonyl (C=O) groups is 1. The van der Waals surface area contributed by atoms with Crippen LogP contribution in [0.15, 0.2) is 27.6 Å². The fraction of sp³-hybridized carbons (Fsp3) is 0.357. The molecule has 0 fully saturated rings. The van der Waals surface area contributed by atoms with Crippen LogP contribution in [-0.2, 0) is 24.2 Å². The number of rotatable bonds is 5. The van der Waals surface area contributed by atoms with E-state index >= 15 is 0 Å². The van der Waals surface area contributed by atoms with Gasteiger partial charge in [0.25, 0.3) is 0 Å². The molecule has 2 rings (SSSR count). The third-order valence-corrected chi connectivity index (χ3v) is 3.26. The predicted molar refractivity (Wildman–Crippen MR) is 71.7 cm³/mol. The van der Waals surface area contributed by atoms with Gasteiger partial charge in [0.15, 0.2) is 0 Å². The van der Waals surface area contributed by atoms with E-state index in [0.717, 1.165) is 5.76 Å². The van der Waals surface area contributed by atoms with Crippen molar-refractivity contribution in [1.82, 2.24) is 9.55 Å². The van der Waals surface area contributed by atoms with Gasteiger partial charge in [0.1, 0.15) is 5.76 Å². The molecule has 0 atom stereocenters. The van der Waals surface area contributed by atoms with Crippen LogP contribution in [0.2, 0.25) is 0 Å². The Morgan fingerprint density at radius 1 is 1.45 bits per heavy atom. The summed E-state index contributed by atoms with van der Waals surface area (Å²) in [5.41, 5.74) is 1.36. The largest absolute Gasteiger partial charge is 0.481 e. The van der Waals surface area contributed by atoms with E-state index in [-0.39, 0.29) is 12.1 Å². The van der Waals surface area contributed by atoms with Gasteiger partial charge in [-0.15, -0.1) is 0 Å². The SMILES string of the molecule is Cc1nc(=O)n(CCc2ccco2)c(C)c1CC(=O)O. The summed E-state index contributed by atoms with van der Waals surface area (Å²) in [5.74, 6) is -0.161. The van der Waals surface area contributed by atoms with Gasteiger partial charge >= 0.3 is 11.7 Å². The maximum atomic E-state index is 11.9. The first-order chi connectivity index (χ1) is 9.49. The minimum absolute atomic E-state index is 0.133. The molecular formula is C14H16N2O4. The van der Waals surface area contributed by atoms with E-state index in [1.54, 1.807) is 26.2 Å². The molecule has 0 unspecified atom stereocenters.